The summed E-state index contributed by atoms with van der Waals surface area (Å²) in [4.78, 5) is 25.0. The van der Waals surface area contributed by atoms with Gasteiger partial charge in [0.15, 0.2) is 0 Å². The predicted octanol–water partition coefficient (Wildman–Crippen LogP) is 1.15. The molecule has 2 aliphatic rings. The monoisotopic (exact) mass is 240 g/mol. The van der Waals surface area contributed by atoms with Crippen LogP contribution in [0.4, 0.5) is 0 Å². The van der Waals surface area contributed by atoms with E-state index in [0.717, 1.165) is 12.8 Å². The van der Waals surface area contributed by atoms with Crippen molar-refractivity contribution in [3.8, 4) is 6.07 Å². The highest BCUT2D eigenvalue weighted by Crippen LogP contribution is 2.42. The van der Waals surface area contributed by atoms with Crippen LogP contribution in [0.2, 0.25) is 0 Å². The van der Waals surface area contributed by atoms with Crippen molar-refractivity contribution in [1.29, 1.82) is 5.26 Å². The second kappa shape index (κ2) is 4.06. The lowest BCUT2D eigenvalue weighted by Gasteiger charge is -2.16. The molecule has 3 unspecified atom stereocenters. The Morgan fingerprint density at radius 3 is 2.38 bits per heavy atom. The molecule has 0 aromatic rings. The second-order valence-corrected chi connectivity index (χ2v) is 5.20. The number of imide groups is 1. The lowest BCUT2D eigenvalue weighted by molar-refractivity contribution is -0.140. The molecule has 0 spiro atoms. The van der Waals surface area contributed by atoms with Gasteiger partial charge in [-0.25, -0.2) is 0 Å². The first-order chi connectivity index (χ1) is 7.54. The summed E-state index contributed by atoms with van der Waals surface area (Å²) < 4.78 is 0. The quantitative estimate of drug-likeness (QED) is 0.537. The molecule has 86 valence electrons. The van der Waals surface area contributed by atoms with E-state index in [4.69, 9.17) is 16.9 Å². The fraction of sp³-hybridized carbons (Fsp3) is 0.727. The molecule has 3 atom stereocenters. The van der Waals surface area contributed by atoms with Gasteiger partial charge in [0.1, 0.15) is 5.38 Å². The van der Waals surface area contributed by atoms with Crippen molar-refractivity contribution in [1.82, 2.24) is 4.90 Å². The molecule has 0 bridgehead atoms. The fourth-order valence-corrected chi connectivity index (χ4v) is 2.87. The molecule has 5 heteroatoms. The van der Waals surface area contributed by atoms with Crippen LogP contribution in [0.25, 0.3) is 0 Å². The first kappa shape index (κ1) is 11.4. The molecule has 1 saturated heterocycles. The number of rotatable bonds is 2. The van der Waals surface area contributed by atoms with Crippen LogP contribution < -0.4 is 0 Å². The topological polar surface area (TPSA) is 61.2 Å². The van der Waals surface area contributed by atoms with Crippen molar-refractivity contribution in [3.63, 3.8) is 0 Å². The molecule has 0 N–H and O–H groups in total. The maximum absolute atomic E-state index is 11.9. The Hall–Kier alpha value is -1.08. The summed E-state index contributed by atoms with van der Waals surface area (Å²) in [5.74, 6) is -0.163. The minimum Gasteiger partial charge on any atom is -0.280 e. The number of nitriles is 1. The van der Waals surface area contributed by atoms with Crippen LogP contribution in [0.1, 0.15) is 19.8 Å². The van der Waals surface area contributed by atoms with Gasteiger partial charge < -0.3 is 0 Å². The number of fused-ring (bicyclic) bond motifs is 1. The van der Waals surface area contributed by atoms with Gasteiger partial charge in [-0.2, -0.15) is 5.26 Å². The summed E-state index contributed by atoms with van der Waals surface area (Å²) in [5.41, 5.74) is 0. The highest BCUT2D eigenvalue weighted by atomic mass is 35.5. The number of amides is 2. The van der Waals surface area contributed by atoms with E-state index in [1.54, 1.807) is 0 Å². The molecule has 1 aliphatic heterocycles. The summed E-state index contributed by atoms with van der Waals surface area (Å²) >= 11 is 5.65. The molecular weight excluding hydrogens is 228 g/mol. The van der Waals surface area contributed by atoms with Gasteiger partial charge in [0.2, 0.25) is 11.8 Å². The molecule has 1 aliphatic carbocycles. The molecule has 16 heavy (non-hydrogen) atoms. The van der Waals surface area contributed by atoms with Crippen molar-refractivity contribution in [3.05, 3.63) is 0 Å². The van der Waals surface area contributed by atoms with Crippen LogP contribution in [0, 0.1) is 29.1 Å². The molecule has 2 fully saturated rings. The highest BCUT2D eigenvalue weighted by molar-refractivity contribution is 6.23. The van der Waals surface area contributed by atoms with Gasteiger partial charge in [0.05, 0.1) is 24.4 Å². The maximum Gasteiger partial charge on any atom is 0.233 e. The Morgan fingerprint density at radius 2 is 1.94 bits per heavy atom. The van der Waals surface area contributed by atoms with E-state index in [2.05, 4.69) is 6.92 Å². The zero-order chi connectivity index (χ0) is 11.9. The Kier molecular flexibility index (Phi) is 2.90. The SMILES string of the molecule is CC1CC2C(=O)N(CC(Cl)C#N)C(=O)C2C1. The van der Waals surface area contributed by atoms with Gasteiger partial charge in [0, 0.05) is 0 Å². The molecule has 1 heterocycles. The fourth-order valence-electron chi connectivity index (χ4n) is 2.73. The summed E-state index contributed by atoms with van der Waals surface area (Å²) in [6.07, 6.45) is 1.57. The van der Waals surface area contributed by atoms with Gasteiger partial charge in [0.25, 0.3) is 0 Å². The first-order valence-corrected chi connectivity index (χ1v) is 5.87. The van der Waals surface area contributed by atoms with Gasteiger partial charge in [-0.05, 0) is 18.8 Å². The Balaban J connectivity index is 2.12. The third kappa shape index (κ3) is 1.69. The minimum atomic E-state index is -0.802. The molecule has 0 aromatic carbocycles. The minimum absolute atomic E-state index is 0.0249. The molecule has 4 nitrogen and oxygen atoms in total. The van der Waals surface area contributed by atoms with E-state index in [9.17, 15) is 9.59 Å². The van der Waals surface area contributed by atoms with Crippen molar-refractivity contribution in [2.75, 3.05) is 6.54 Å². The zero-order valence-electron chi connectivity index (χ0n) is 9.02. The van der Waals surface area contributed by atoms with Crippen LogP contribution in [0.3, 0.4) is 0 Å². The van der Waals surface area contributed by atoms with E-state index in [1.807, 2.05) is 6.07 Å². The van der Waals surface area contributed by atoms with Crippen LogP contribution in [0.5, 0.6) is 0 Å². The summed E-state index contributed by atoms with van der Waals surface area (Å²) in [7, 11) is 0. The molecule has 2 rings (SSSR count). The average molecular weight is 241 g/mol. The maximum atomic E-state index is 11.9. The third-order valence-corrected chi connectivity index (χ3v) is 3.68. The van der Waals surface area contributed by atoms with Crippen LogP contribution >= 0.6 is 11.6 Å². The summed E-state index contributed by atoms with van der Waals surface area (Å²) in [5, 5.41) is 7.78. The lowest BCUT2D eigenvalue weighted by Crippen LogP contribution is -2.36. The zero-order valence-corrected chi connectivity index (χ0v) is 9.78. The Bertz CT molecular complexity index is 353. The van der Waals surface area contributed by atoms with Crippen molar-refractivity contribution in [2.45, 2.75) is 25.1 Å². The van der Waals surface area contributed by atoms with Crippen molar-refractivity contribution in [2.24, 2.45) is 17.8 Å². The largest absolute Gasteiger partial charge is 0.280 e. The second-order valence-electron chi connectivity index (χ2n) is 4.67. The number of likely N-dealkylation sites (tertiary alicyclic amines) is 1. The molecule has 2 amide bonds. The van der Waals surface area contributed by atoms with E-state index in [-0.39, 0.29) is 30.2 Å². The number of carbonyl (C=O) groups excluding carboxylic acids is 2. The number of hydrogen-bond donors (Lipinski definition) is 0. The smallest absolute Gasteiger partial charge is 0.233 e. The number of halogens is 1. The number of carbonyl (C=O) groups is 2. The molecule has 0 radical (unpaired) electrons. The number of alkyl halides is 1. The molecule has 1 saturated carbocycles. The van der Waals surface area contributed by atoms with Crippen LogP contribution in [0.15, 0.2) is 0 Å². The highest BCUT2D eigenvalue weighted by Gasteiger charge is 2.51. The first-order valence-electron chi connectivity index (χ1n) is 5.43. The average Bonchev–Trinajstić information content (AvgIpc) is 2.73. The normalized spacial score (nSPS) is 35.1. The standard InChI is InChI=1S/C11H13ClN2O2/c1-6-2-8-9(3-6)11(16)14(10(8)15)5-7(12)4-13/h6-9H,2-3,5H2,1H3. The van der Waals surface area contributed by atoms with E-state index >= 15 is 0 Å². The van der Waals surface area contributed by atoms with E-state index in [1.165, 1.54) is 4.90 Å². The lowest BCUT2D eigenvalue weighted by atomic mass is 10.00. The van der Waals surface area contributed by atoms with Gasteiger partial charge in [-0.15, -0.1) is 11.6 Å². The van der Waals surface area contributed by atoms with Gasteiger partial charge in [-0.3, -0.25) is 14.5 Å². The summed E-state index contributed by atoms with van der Waals surface area (Å²) in [6, 6.07) is 1.83. The number of hydrogen-bond acceptors (Lipinski definition) is 3. The van der Waals surface area contributed by atoms with E-state index < -0.39 is 5.38 Å². The van der Waals surface area contributed by atoms with E-state index in [0.29, 0.717) is 5.92 Å². The van der Waals surface area contributed by atoms with Gasteiger partial charge in [-0.1, -0.05) is 6.92 Å². The van der Waals surface area contributed by atoms with Crippen molar-refractivity contribution < 1.29 is 9.59 Å². The van der Waals surface area contributed by atoms with Crippen LogP contribution in [-0.2, 0) is 9.59 Å². The third-order valence-electron chi connectivity index (χ3n) is 3.45. The molecular formula is C11H13ClN2O2. The Morgan fingerprint density at radius 1 is 1.44 bits per heavy atom. The van der Waals surface area contributed by atoms with Crippen molar-refractivity contribution >= 4 is 23.4 Å². The number of nitrogens with zero attached hydrogens (tertiary/aromatic N) is 2. The molecule has 0 aromatic heterocycles. The Labute approximate surface area is 99.2 Å². The predicted molar refractivity (Wildman–Crippen MR) is 57.4 cm³/mol. The van der Waals surface area contributed by atoms with Crippen LogP contribution in [-0.4, -0.2) is 28.6 Å². The van der Waals surface area contributed by atoms with Gasteiger partial charge >= 0.3 is 0 Å². The summed E-state index contributed by atoms with van der Waals surface area (Å²) in [6.45, 7) is 2.08.